The highest BCUT2D eigenvalue weighted by molar-refractivity contribution is 6.15. The van der Waals surface area contributed by atoms with Gasteiger partial charge in [-0.2, -0.15) is 5.26 Å². The number of rotatable bonds is 0. The Labute approximate surface area is 137 Å². The van der Waals surface area contributed by atoms with Crippen LogP contribution in [0.3, 0.4) is 0 Å². The second-order valence-corrected chi connectivity index (χ2v) is 5.55. The highest BCUT2D eigenvalue weighted by Gasteiger charge is 2.23. The number of pyridine rings is 2. The molecule has 1 aliphatic heterocycles. The fourth-order valence-electron chi connectivity index (χ4n) is 3.09. The summed E-state index contributed by atoms with van der Waals surface area (Å²) in [6, 6.07) is 15.3. The zero-order chi connectivity index (χ0) is 16.1. The summed E-state index contributed by atoms with van der Waals surface area (Å²) in [5.74, 6) is 1.36. The molecule has 1 N–H and O–H groups in total. The third-order valence-electron chi connectivity index (χ3n) is 4.16. The van der Waals surface area contributed by atoms with Crippen molar-refractivity contribution in [3.63, 3.8) is 0 Å². The standard InChI is InChI=1S/C19H10N4O/c20-10-11-5-6-15-14(9-11)23-18-13-4-2-7-21-16(13)12-3-1-8-22-17(12)19(18)24-15/h1-9,23H. The van der Waals surface area contributed by atoms with Gasteiger partial charge in [-0.3, -0.25) is 9.97 Å². The van der Waals surface area contributed by atoms with Crippen molar-refractivity contribution in [2.75, 3.05) is 5.32 Å². The lowest BCUT2D eigenvalue weighted by molar-refractivity contribution is 0.486. The first-order valence-electron chi connectivity index (χ1n) is 7.49. The number of hydrogen-bond acceptors (Lipinski definition) is 5. The van der Waals surface area contributed by atoms with Gasteiger partial charge in [-0.05, 0) is 42.5 Å². The Hall–Kier alpha value is -3.65. The van der Waals surface area contributed by atoms with E-state index in [0.29, 0.717) is 17.1 Å². The second-order valence-electron chi connectivity index (χ2n) is 5.55. The first-order chi connectivity index (χ1) is 11.8. The number of nitriles is 1. The van der Waals surface area contributed by atoms with E-state index in [2.05, 4.69) is 21.4 Å². The van der Waals surface area contributed by atoms with Crippen molar-refractivity contribution in [3.05, 3.63) is 60.4 Å². The molecule has 5 nitrogen and oxygen atoms in total. The molecule has 0 radical (unpaired) electrons. The van der Waals surface area contributed by atoms with Crippen LogP contribution in [0.4, 0.5) is 11.4 Å². The molecule has 0 saturated heterocycles. The van der Waals surface area contributed by atoms with Gasteiger partial charge < -0.3 is 10.1 Å². The van der Waals surface area contributed by atoms with Gasteiger partial charge in [0.1, 0.15) is 5.52 Å². The van der Waals surface area contributed by atoms with Gasteiger partial charge in [-0.25, -0.2) is 0 Å². The number of benzene rings is 2. The van der Waals surface area contributed by atoms with Gasteiger partial charge in [0.05, 0.1) is 28.5 Å². The van der Waals surface area contributed by atoms with Crippen molar-refractivity contribution in [2.45, 2.75) is 0 Å². The van der Waals surface area contributed by atoms with Gasteiger partial charge in [0.2, 0.25) is 0 Å². The maximum Gasteiger partial charge on any atom is 0.177 e. The SMILES string of the molecule is N#Cc1ccc2c(c1)Nc1c(c3ncccc3c3ncccc13)O2. The van der Waals surface area contributed by atoms with Crippen molar-refractivity contribution < 1.29 is 4.74 Å². The Balaban J connectivity index is 1.87. The van der Waals surface area contributed by atoms with Crippen LogP contribution in [0.25, 0.3) is 21.8 Å². The number of ether oxygens (including phenoxy) is 1. The van der Waals surface area contributed by atoms with Gasteiger partial charge in [0.15, 0.2) is 11.5 Å². The fourth-order valence-corrected chi connectivity index (χ4v) is 3.09. The molecule has 0 unspecified atom stereocenters. The monoisotopic (exact) mass is 310 g/mol. The van der Waals surface area contributed by atoms with Gasteiger partial charge in [-0.15, -0.1) is 0 Å². The molecule has 1 aliphatic rings. The smallest absolute Gasteiger partial charge is 0.177 e. The van der Waals surface area contributed by atoms with Crippen molar-refractivity contribution in [1.82, 2.24) is 9.97 Å². The van der Waals surface area contributed by atoms with Crippen LogP contribution in [0.1, 0.15) is 5.56 Å². The van der Waals surface area contributed by atoms with E-state index in [1.54, 1.807) is 30.6 Å². The summed E-state index contributed by atoms with van der Waals surface area (Å²) in [4.78, 5) is 9.01. The quantitative estimate of drug-likeness (QED) is 0.426. The summed E-state index contributed by atoms with van der Waals surface area (Å²) < 4.78 is 6.14. The lowest BCUT2D eigenvalue weighted by Gasteiger charge is -2.24. The number of hydrogen-bond donors (Lipinski definition) is 1. The minimum Gasteiger partial charge on any atom is -0.451 e. The molecule has 0 bridgehead atoms. The van der Waals surface area contributed by atoms with E-state index in [0.717, 1.165) is 33.2 Å². The molecule has 2 aromatic heterocycles. The van der Waals surface area contributed by atoms with Crippen molar-refractivity contribution >= 4 is 33.2 Å². The molecule has 0 spiro atoms. The first kappa shape index (κ1) is 12.9. The predicted octanol–water partition coefficient (Wildman–Crippen LogP) is 4.50. The Morgan fingerprint density at radius 2 is 1.75 bits per heavy atom. The zero-order valence-corrected chi connectivity index (χ0v) is 12.4. The predicted molar refractivity (Wildman–Crippen MR) is 91.6 cm³/mol. The highest BCUT2D eigenvalue weighted by atomic mass is 16.5. The van der Waals surface area contributed by atoms with Crippen LogP contribution in [0.2, 0.25) is 0 Å². The van der Waals surface area contributed by atoms with Crippen LogP contribution in [-0.2, 0) is 0 Å². The largest absolute Gasteiger partial charge is 0.451 e. The van der Waals surface area contributed by atoms with Gasteiger partial charge in [-0.1, -0.05) is 0 Å². The van der Waals surface area contributed by atoms with E-state index in [1.807, 2.05) is 24.3 Å². The van der Waals surface area contributed by atoms with E-state index in [1.165, 1.54) is 0 Å². The van der Waals surface area contributed by atoms with E-state index in [-0.39, 0.29) is 0 Å². The van der Waals surface area contributed by atoms with Crippen LogP contribution >= 0.6 is 0 Å². The summed E-state index contributed by atoms with van der Waals surface area (Å²) in [6.07, 6.45) is 3.52. The van der Waals surface area contributed by atoms with Crippen molar-refractivity contribution in [1.29, 1.82) is 5.26 Å². The molecule has 0 saturated carbocycles. The molecule has 4 aromatic rings. The summed E-state index contributed by atoms with van der Waals surface area (Å²) in [6.45, 7) is 0. The first-order valence-corrected chi connectivity index (χ1v) is 7.49. The topological polar surface area (TPSA) is 70.8 Å². The van der Waals surface area contributed by atoms with Crippen molar-refractivity contribution in [3.8, 4) is 17.6 Å². The lowest BCUT2D eigenvalue weighted by atomic mass is 10.0. The molecule has 0 fully saturated rings. The summed E-state index contributed by atoms with van der Waals surface area (Å²) in [7, 11) is 0. The number of nitrogens with zero attached hydrogens (tertiary/aromatic N) is 3. The summed E-state index contributed by atoms with van der Waals surface area (Å²) in [5, 5.41) is 14.4. The maximum absolute atomic E-state index is 9.11. The number of anilines is 2. The van der Waals surface area contributed by atoms with E-state index >= 15 is 0 Å². The van der Waals surface area contributed by atoms with Crippen LogP contribution in [0.5, 0.6) is 11.5 Å². The Morgan fingerprint density at radius 1 is 0.958 bits per heavy atom. The molecular formula is C19H10N4O. The highest BCUT2D eigenvalue weighted by Crippen LogP contribution is 2.48. The van der Waals surface area contributed by atoms with Crippen LogP contribution < -0.4 is 10.1 Å². The average molecular weight is 310 g/mol. The van der Waals surface area contributed by atoms with E-state index in [4.69, 9.17) is 10.00 Å². The third-order valence-corrected chi connectivity index (χ3v) is 4.16. The Morgan fingerprint density at radius 3 is 2.58 bits per heavy atom. The lowest BCUT2D eigenvalue weighted by Crippen LogP contribution is -2.05. The average Bonchev–Trinajstić information content (AvgIpc) is 2.66. The maximum atomic E-state index is 9.11. The second kappa shape index (κ2) is 4.67. The van der Waals surface area contributed by atoms with Crippen LogP contribution in [-0.4, -0.2) is 9.97 Å². The molecule has 3 heterocycles. The normalized spacial score (nSPS) is 12.0. The molecule has 0 aliphatic carbocycles. The van der Waals surface area contributed by atoms with Crippen LogP contribution in [0, 0.1) is 11.3 Å². The minimum atomic E-state index is 0.578. The van der Waals surface area contributed by atoms with Crippen LogP contribution in [0.15, 0.2) is 54.9 Å². The molecule has 24 heavy (non-hydrogen) atoms. The zero-order valence-electron chi connectivity index (χ0n) is 12.4. The third kappa shape index (κ3) is 1.68. The molecule has 5 heteroatoms. The number of aromatic nitrogens is 2. The molecule has 112 valence electrons. The van der Waals surface area contributed by atoms with E-state index in [9.17, 15) is 0 Å². The number of nitrogens with one attached hydrogen (secondary N) is 1. The number of fused-ring (bicyclic) bond motifs is 7. The van der Waals surface area contributed by atoms with Gasteiger partial charge in [0, 0.05) is 23.2 Å². The molecular weight excluding hydrogens is 300 g/mol. The van der Waals surface area contributed by atoms with E-state index < -0.39 is 0 Å². The Kier molecular flexibility index (Phi) is 2.50. The van der Waals surface area contributed by atoms with Gasteiger partial charge in [0.25, 0.3) is 0 Å². The Bertz CT molecular complexity index is 1180. The van der Waals surface area contributed by atoms with Gasteiger partial charge >= 0.3 is 0 Å². The molecule has 5 rings (SSSR count). The summed E-state index contributed by atoms with van der Waals surface area (Å²) >= 11 is 0. The summed E-state index contributed by atoms with van der Waals surface area (Å²) in [5.41, 5.74) is 3.81. The minimum absolute atomic E-state index is 0.578. The molecule has 2 aromatic carbocycles. The molecule has 0 amide bonds. The molecule has 0 atom stereocenters. The van der Waals surface area contributed by atoms with Crippen molar-refractivity contribution in [2.24, 2.45) is 0 Å². The fraction of sp³-hybridized carbons (Fsp3) is 0.